The number of nitrogens with one attached hydrogen (secondary N) is 1. The van der Waals surface area contributed by atoms with Gasteiger partial charge >= 0.3 is 0 Å². The van der Waals surface area contributed by atoms with Crippen LogP contribution in [0.4, 0.5) is 0 Å². The Bertz CT molecular complexity index is 408. The molecule has 112 valence electrons. The monoisotopic (exact) mass is 337 g/mol. The Morgan fingerprint density at radius 3 is 2.60 bits per heavy atom. The molecule has 0 radical (unpaired) electrons. The second kappa shape index (κ2) is 7.61. The fourth-order valence-corrected chi connectivity index (χ4v) is 3.87. The zero-order valence-corrected chi connectivity index (χ0v) is 14.5. The molecule has 0 aromatic heterocycles. The highest BCUT2D eigenvalue weighted by Gasteiger charge is 2.31. The Hall–Kier alpha value is -0.340. The normalized spacial score (nSPS) is 18.4. The predicted octanol–water partition coefficient (Wildman–Crippen LogP) is 5.19. The van der Waals surface area contributed by atoms with Crippen LogP contribution in [0.25, 0.3) is 0 Å². The van der Waals surface area contributed by atoms with Crippen LogP contribution >= 0.6 is 15.9 Å². The molecule has 0 saturated heterocycles. The summed E-state index contributed by atoms with van der Waals surface area (Å²) in [5.74, 6) is 0.738. The lowest BCUT2D eigenvalue weighted by Crippen LogP contribution is -2.39. The maximum absolute atomic E-state index is 3.72. The van der Waals surface area contributed by atoms with Crippen LogP contribution in [-0.4, -0.2) is 13.1 Å². The van der Waals surface area contributed by atoms with Crippen molar-refractivity contribution in [2.45, 2.75) is 52.4 Å². The van der Waals surface area contributed by atoms with E-state index in [4.69, 9.17) is 0 Å². The first-order chi connectivity index (χ1) is 9.60. The number of benzene rings is 1. The molecule has 1 saturated carbocycles. The number of hydrogen-bond acceptors (Lipinski definition) is 1. The van der Waals surface area contributed by atoms with Gasteiger partial charge < -0.3 is 5.32 Å². The first-order valence-corrected chi connectivity index (χ1v) is 8.84. The molecule has 1 nitrogen and oxygen atoms in total. The van der Waals surface area contributed by atoms with Gasteiger partial charge in [0.1, 0.15) is 0 Å². The van der Waals surface area contributed by atoms with Gasteiger partial charge in [0.2, 0.25) is 0 Å². The third-order valence-corrected chi connectivity index (χ3v) is 4.93. The molecule has 0 heterocycles. The summed E-state index contributed by atoms with van der Waals surface area (Å²) in [6.45, 7) is 6.89. The van der Waals surface area contributed by atoms with Gasteiger partial charge in [0.25, 0.3) is 0 Å². The molecule has 20 heavy (non-hydrogen) atoms. The molecule has 1 aliphatic rings. The lowest BCUT2D eigenvalue weighted by Gasteiger charge is -2.38. The Morgan fingerprint density at radius 2 is 1.95 bits per heavy atom. The van der Waals surface area contributed by atoms with Gasteiger partial charge in [0, 0.05) is 11.0 Å². The van der Waals surface area contributed by atoms with E-state index < -0.39 is 0 Å². The van der Waals surface area contributed by atoms with Crippen molar-refractivity contribution in [3.05, 3.63) is 34.3 Å². The van der Waals surface area contributed by atoms with E-state index in [0.717, 1.165) is 12.5 Å². The lowest BCUT2D eigenvalue weighted by molar-refractivity contribution is 0.179. The summed E-state index contributed by atoms with van der Waals surface area (Å²) in [5, 5.41) is 3.72. The van der Waals surface area contributed by atoms with Crippen molar-refractivity contribution in [3.8, 4) is 0 Å². The van der Waals surface area contributed by atoms with Gasteiger partial charge in [-0.25, -0.2) is 0 Å². The third kappa shape index (κ3) is 4.89. The molecule has 0 aliphatic heterocycles. The largest absolute Gasteiger partial charge is 0.316 e. The number of rotatable bonds is 6. The van der Waals surface area contributed by atoms with Gasteiger partial charge in [-0.1, -0.05) is 61.2 Å². The second-order valence-corrected chi connectivity index (χ2v) is 7.81. The van der Waals surface area contributed by atoms with Gasteiger partial charge in [-0.15, -0.1) is 0 Å². The van der Waals surface area contributed by atoms with Gasteiger partial charge in [0.15, 0.2) is 0 Å². The first kappa shape index (κ1) is 16.0. The van der Waals surface area contributed by atoms with Crippen LogP contribution in [0.3, 0.4) is 0 Å². The Balaban J connectivity index is 2.02. The minimum Gasteiger partial charge on any atom is -0.316 e. The number of hydrogen-bond donors (Lipinski definition) is 1. The average Bonchev–Trinajstić information content (AvgIpc) is 2.39. The summed E-state index contributed by atoms with van der Waals surface area (Å²) in [6.07, 6.45) is 8.20. The average molecular weight is 338 g/mol. The van der Waals surface area contributed by atoms with Crippen molar-refractivity contribution in [2.75, 3.05) is 13.1 Å². The Morgan fingerprint density at radius 1 is 1.20 bits per heavy atom. The molecule has 1 aliphatic carbocycles. The van der Waals surface area contributed by atoms with Crippen LogP contribution in [0.2, 0.25) is 0 Å². The quantitative estimate of drug-likeness (QED) is 0.753. The van der Waals surface area contributed by atoms with Gasteiger partial charge in [-0.3, -0.25) is 0 Å². The molecular formula is C18H28BrN. The van der Waals surface area contributed by atoms with Crippen molar-refractivity contribution in [2.24, 2.45) is 11.3 Å². The van der Waals surface area contributed by atoms with Crippen LogP contribution in [-0.2, 0) is 6.42 Å². The summed E-state index contributed by atoms with van der Waals surface area (Å²) in [5.41, 5.74) is 1.96. The maximum atomic E-state index is 3.72. The van der Waals surface area contributed by atoms with Crippen LogP contribution < -0.4 is 5.32 Å². The Labute approximate surface area is 132 Å². The van der Waals surface area contributed by atoms with Crippen molar-refractivity contribution < 1.29 is 0 Å². The smallest absolute Gasteiger partial charge is 0.0177 e. The zero-order valence-electron chi connectivity index (χ0n) is 12.9. The van der Waals surface area contributed by atoms with Crippen LogP contribution in [0, 0.1) is 11.3 Å². The Kier molecular flexibility index (Phi) is 6.10. The third-order valence-electron chi connectivity index (χ3n) is 4.43. The highest BCUT2D eigenvalue weighted by Crippen LogP contribution is 2.39. The van der Waals surface area contributed by atoms with E-state index >= 15 is 0 Å². The molecule has 0 unspecified atom stereocenters. The lowest BCUT2D eigenvalue weighted by atomic mass is 9.70. The summed E-state index contributed by atoms with van der Waals surface area (Å²) < 4.78 is 1.20. The second-order valence-electron chi connectivity index (χ2n) is 6.89. The van der Waals surface area contributed by atoms with E-state index in [9.17, 15) is 0 Å². The molecule has 2 rings (SSSR count). The number of halogens is 1. The van der Waals surface area contributed by atoms with E-state index in [1.165, 1.54) is 55.1 Å². The highest BCUT2D eigenvalue weighted by atomic mass is 79.9. The highest BCUT2D eigenvalue weighted by molar-refractivity contribution is 9.10. The predicted molar refractivity (Wildman–Crippen MR) is 91.1 cm³/mol. The summed E-state index contributed by atoms with van der Waals surface area (Å²) in [6, 6.07) is 8.86. The molecule has 0 atom stereocenters. The van der Waals surface area contributed by atoms with Crippen molar-refractivity contribution >= 4 is 15.9 Å². The van der Waals surface area contributed by atoms with Crippen molar-refractivity contribution in [3.63, 3.8) is 0 Å². The minimum absolute atomic E-state index is 0.480. The van der Waals surface area contributed by atoms with Gasteiger partial charge in [-0.2, -0.15) is 0 Å². The summed E-state index contributed by atoms with van der Waals surface area (Å²) in [7, 11) is 0. The minimum atomic E-state index is 0.480. The maximum Gasteiger partial charge on any atom is 0.0177 e. The molecule has 1 aromatic carbocycles. The standard InChI is InChI=1S/C18H28BrN/c1-15(2)13-20-14-18(9-4-3-5-10-18)12-16-7-6-8-17(19)11-16/h6-8,11,15,20H,3-5,9-10,12-14H2,1-2H3. The van der Waals surface area contributed by atoms with E-state index in [0.29, 0.717) is 5.41 Å². The summed E-state index contributed by atoms with van der Waals surface area (Å²) >= 11 is 3.60. The molecule has 0 bridgehead atoms. The molecule has 1 N–H and O–H groups in total. The molecule has 2 heteroatoms. The molecule has 0 spiro atoms. The van der Waals surface area contributed by atoms with Gasteiger partial charge in [0.05, 0.1) is 0 Å². The SMILES string of the molecule is CC(C)CNCC1(Cc2cccc(Br)c2)CCCCC1. The summed E-state index contributed by atoms with van der Waals surface area (Å²) in [4.78, 5) is 0. The molecule has 0 amide bonds. The molecule has 1 fully saturated rings. The zero-order chi connectivity index (χ0) is 14.4. The van der Waals surface area contributed by atoms with E-state index in [1.54, 1.807) is 0 Å². The van der Waals surface area contributed by atoms with E-state index in [-0.39, 0.29) is 0 Å². The van der Waals surface area contributed by atoms with Crippen molar-refractivity contribution in [1.82, 2.24) is 5.32 Å². The van der Waals surface area contributed by atoms with Crippen LogP contribution in [0.15, 0.2) is 28.7 Å². The molecular weight excluding hydrogens is 310 g/mol. The fraction of sp³-hybridized carbons (Fsp3) is 0.667. The van der Waals surface area contributed by atoms with E-state index in [1.807, 2.05) is 0 Å². The first-order valence-electron chi connectivity index (χ1n) is 8.05. The van der Waals surface area contributed by atoms with E-state index in [2.05, 4.69) is 59.4 Å². The van der Waals surface area contributed by atoms with Crippen molar-refractivity contribution in [1.29, 1.82) is 0 Å². The topological polar surface area (TPSA) is 12.0 Å². The van der Waals surface area contributed by atoms with Crippen LogP contribution in [0.5, 0.6) is 0 Å². The van der Waals surface area contributed by atoms with Gasteiger partial charge in [-0.05, 0) is 54.8 Å². The fourth-order valence-electron chi connectivity index (χ4n) is 3.42. The van der Waals surface area contributed by atoms with Crippen LogP contribution in [0.1, 0.15) is 51.5 Å². The molecule has 1 aromatic rings.